The lowest BCUT2D eigenvalue weighted by Crippen LogP contribution is -2.41. The van der Waals surface area contributed by atoms with Gasteiger partial charge in [-0.1, -0.05) is 19.3 Å². The van der Waals surface area contributed by atoms with Crippen molar-refractivity contribution in [3.05, 3.63) is 21.4 Å². The van der Waals surface area contributed by atoms with Crippen LogP contribution in [-0.4, -0.2) is 49.1 Å². The lowest BCUT2D eigenvalue weighted by atomic mass is 9.87. The van der Waals surface area contributed by atoms with Gasteiger partial charge in [0.1, 0.15) is 0 Å². The van der Waals surface area contributed by atoms with Gasteiger partial charge in [-0.2, -0.15) is 0 Å². The van der Waals surface area contributed by atoms with Crippen LogP contribution in [-0.2, 0) is 22.4 Å². The normalized spacial score (nSPS) is 24.2. The highest BCUT2D eigenvalue weighted by Crippen LogP contribution is 2.33. The van der Waals surface area contributed by atoms with Crippen molar-refractivity contribution in [2.75, 3.05) is 26.3 Å². The molecule has 1 N–H and O–H groups in total. The lowest BCUT2D eigenvalue weighted by Gasteiger charge is -2.27. The van der Waals surface area contributed by atoms with Crippen LogP contribution in [0.15, 0.2) is 6.07 Å². The van der Waals surface area contributed by atoms with Crippen LogP contribution in [0.4, 0.5) is 0 Å². The molecule has 26 heavy (non-hydrogen) atoms. The fourth-order valence-electron chi connectivity index (χ4n) is 4.34. The highest BCUT2D eigenvalue weighted by atomic mass is 32.1. The van der Waals surface area contributed by atoms with Crippen LogP contribution >= 0.6 is 11.3 Å². The van der Waals surface area contributed by atoms with Gasteiger partial charge in [-0.3, -0.25) is 9.59 Å². The van der Waals surface area contributed by atoms with E-state index in [1.165, 1.54) is 29.7 Å². The number of carbonyl (C=O) groups is 2. The Morgan fingerprint density at radius 3 is 2.65 bits per heavy atom. The summed E-state index contributed by atoms with van der Waals surface area (Å²) >= 11 is 1.62. The molecule has 4 rings (SSSR count). The van der Waals surface area contributed by atoms with E-state index in [4.69, 9.17) is 4.74 Å². The zero-order chi connectivity index (χ0) is 17.9. The Balaban J connectivity index is 1.38. The van der Waals surface area contributed by atoms with Crippen molar-refractivity contribution >= 4 is 23.2 Å². The zero-order valence-electron chi connectivity index (χ0n) is 15.3. The number of hydrogen-bond acceptors (Lipinski definition) is 4. The summed E-state index contributed by atoms with van der Waals surface area (Å²) < 4.78 is 5.33. The molecule has 0 aromatic carbocycles. The maximum Gasteiger partial charge on any atom is 0.264 e. The minimum Gasteiger partial charge on any atom is -0.378 e. The number of rotatable bonds is 3. The predicted molar refractivity (Wildman–Crippen MR) is 102 cm³/mol. The second-order valence-corrected chi connectivity index (χ2v) is 8.88. The fraction of sp³-hybridized carbons (Fsp3) is 0.700. The van der Waals surface area contributed by atoms with Crippen LogP contribution in [0.3, 0.4) is 0 Å². The van der Waals surface area contributed by atoms with Gasteiger partial charge in [-0.15, -0.1) is 11.3 Å². The number of aryl methyl sites for hydroxylation is 1. The summed E-state index contributed by atoms with van der Waals surface area (Å²) in [6, 6.07) is 2.41. The molecule has 0 spiro atoms. The van der Waals surface area contributed by atoms with Crippen LogP contribution in [0.25, 0.3) is 0 Å². The molecular weight excluding hydrogens is 348 g/mol. The molecule has 2 heterocycles. The molecule has 2 amide bonds. The summed E-state index contributed by atoms with van der Waals surface area (Å²) in [5.41, 5.74) is 1.21. The van der Waals surface area contributed by atoms with Gasteiger partial charge in [0.2, 0.25) is 5.91 Å². The van der Waals surface area contributed by atoms with E-state index in [0.29, 0.717) is 32.3 Å². The van der Waals surface area contributed by atoms with Crippen LogP contribution in [0, 0.1) is 5.92 Å². The van der Waals surface area contributed by atoms with E-state index >= 15 is 0 Å². The molecular formula is C20H28N2O3S. The Kier molecular flexibility index (Phi) is 5.60. The van der Waals surface area contributed by atoms with Crippen molar-refractivity contribution in [3.8, 4) is 0 Å². The maximum absolute atomic E-state index is 12.7. The highest BCUT2D eigenvalue weighted by molar-refractivity contribution is 7.14. The Bertz CT molecular complexity index is 660. The highest BCUT2D eigenvalue weighted by Gasteiger charge is 2.30. The van der Waals surface area contributed by atoms with Crippen molar-refractivity contribution < 1.29 is 14.3 Å². The number of thiophene rings is 1. The van der Waals surface area contributed by atoms with E-state index in [1.807, 2.05) is 11.0 Å². The third-order valence-electron chi connectivity index (χ3n) is 5.91. The molecule has 1 unspecified atom stereocenters. The van der Waals surface area contributed by atoms with Crippen molar-refractivity contribution in [2.45, 2.75) is 57.4 Å². The molecule has 1 atom stereocenters. The van der Waals surface area contributed by atoms with Gasteiger partial charge in [-0.05, 0) is 43.7 Å². The number of fused-ring (bicyclic) bond motifs is 1. The molecule has 0 radical (unpaired) electrons. The minimum absolute atomic E-state index is 0.0605. The Morgan fingerprint density at radius 1 is 1.12 bits per heavy atom. The van der Waals surface area contributed by atoms with E-state index < -0.39 is 0 Å². The number of nitrogens with one attached hydrogen (secondary N) is 1. The first kappa shape index (κ1) is 18.0. The lowest BCUT2D eigenvalue weighted by molar-refractivity contribution is -0.126. The Hall–Kier alpha value is -1.40. The molecule has 0 bridgehead atoms. The summed E-state index contributed by atoms with van der Waals surface area (Å²) in [5, 5.41) is 3.28. The molecule has 2 fully saturated rings. The monoisotopic (exact) mass is 376 g/mol. The molecule has 6 heteroatoms. The number of amides is 2. The predicted octanol–water partition coefficient (Wildman–Crippen LogP) is 2.77. The smallest absolute Gasteiger partial charge is 0.264 e. The molecule has 142 valence electrons. The summed E-state index contributed by atoms with van der Waals surface area (Å²) in [4.78, 5) is 29.4. The third kappa shape index (κ3) is 3.96. The largest absolute Gasteiger partial charge is 0.378 e. The molecule has 1 saturated heterocycles. The van der Waals surface area contributed by atoms with Crippen molar-refractivity contribution in [2.24, 2.45) is 5.92 Å². The molecule has 1 aliphatic heterocycles. The summed E-state index contributed by atoms with van der Waals surface area (Å²) in [5.74, 6) is 0.399. The fourth-order valence-corrected chi connectivity index (χ4v) is 5.52. The van der Waals surface area contributed by atoms with Crippen molar-refractivity contribution in [3.63, 3.8) is 0 Å². The second-order valence-electron chi connectivity index (χ2n) is 7.75. The molecule has 1 saturated carbocycles. The number of hydrogen-bond donors (Lipinski definition) is 1. The number of nitrogens with zero attached hydrogens (tertiary/aromatic N) is 1. The topological polar surface area (TPSA) is 58.6 Å². The van der Waals surface area contributed by atoms with Crippen LogP contribution in [0.2, 0.25) is 0 Å². The van der Waals surface area contributed by atoms with Gasteiger partial charge in [0.15, 0.2) is 0 Å². The number of ether oxygens (including phenoxy) is 1. The van der Waals surface area contributed by atoms with Crippen LogP contribution < -0.4 is 5.32 Å². The van der Waals surface area contributed by atoms with Gasteiger partial charge in [-0.25, -0.2) is 0 Å². The van der Waals surface area contributed by atoms with E-state index in [2.05, 4.69) is 5.32 Å². The van der Waals surface area contributed by atoms with Crippen molar-refractivity contribution in [1.82, 2.24) is 10.2 Å². The van der Waals surface area contributed by atoms with Crippen LogP contribution in [0.1, 0.15) is 58.6 Å². The Morgan fingerprint density at radius 2 is 1.88 bits per heavy atom. The summed E-state index contributed by atoms with van der Waals surface area (Å²) in [6.07, 6.45) is 8.61. The van der Waals surface area contributed by atoms with Gasteiger partial charge in [0.25, 0.3) is 5.91 Å². The summed E-state index contributed by atoms with van der Waals surface area (Å²) in [6.45, 7) is 2.60. The first-order valence-electron chi connectivity index (χ1n) is 9.99. The van der Waals surface area contributed by atoms with E-state index in [0.717, 1.165) is 37.0 Å². The zero-order valence-corrected chi connectivity index (χ0v) is 16.1. The van der Waals surface area contributed by atoms with E-state index in [1.54, 1.807) is 11.3 Å². The van der Waals surface area contributed by atoms with Gasteiger partial charge in [0.05, 0.1) is 18.1 Å². The molecule has 1 aromatic rings. The second kappa shape index (κ2) is 8.09. The van der Waals surface area contributed by atoms with E-state index in [9.17, 15) is 9.59 Å². The molecule has 2 aliphatic carbocycles. The third-order valence-corrected chi connectivity index (χ3v) is 7.14. The van der Waals surface area contributed by atoms with Crippen LogP contribution in [0.5, 0.6) is 0 Å². The quantitative estimate of drug-likeness (QED) is 0.882. The first-order valence-corrected chi connectivity index (χ1v) is 10.8. The Labute approximate surface area is 159 Å². The van der Waals surface area contributed by atoms with E-state index in [-0.39, 0.29) is 17.7 Å². The minimum atomic E-state index is 0.0605. The van der Waals surface area contributed by atoms with Gasteiger partial charge >= 0.3 is 0 Å². The SMILES string of the molecule is O=C(NC1CCCCC1)C1CCc2sc(C(=O)N3CCOCC3)cc2C1. The van der Waals surface area contributed by atoms with Gasteiger partial charge < -0.3 is 15.0 Å². The average molecular weight is 377 g/mol. The summed E-state index contributed by atoms with van der Waals surface area (Å²) in [7, 11) is 0. The number of carbonyl (C=O) groups excluding carboxylic acids is 2. The maximum atomic E-state index is 12.7. The first-order chi connectivity index (χ1) is 12.7. The van der Waals surface area contributed by atoms with Gasteiger partial charge in [0, 0.05) is 29.9 Å². The number of morpholine rings is 1. The molecule has 1 aromatic heterocycles. The molecule has 3 aliphatic rings. The average Bonchev–Trinajstić information content (AvgIpc) is 3.12. The van der Waals surface area contributed by atoms with Crippen molar-refractivity contribution in [1.29, 1.82) is 0 Å². The molecule has 5 nitrogen and oxygen atoms in total. The standard InChI is InChI=1S/C20H28N2O3S/c23-19(21-16-4-2-1-3-5-16)14-6-7-17-15(12-14)13-18(26-17)20(24)22-8-10-25-11-9-22/h13-14,16H,1-12H2,(H,21,23).